The molecule has 110 valence electrons. The van der Waals surface area contributed by atoms with Gasteiger partial charge in [-0.05, 0) is 20.3 Å². The summed E-state index contributed by atoms with van der Waals surface area (Å²) in [6, 6.07) is 0. The van der Waals surface area contributed by atoms with Crippen LogP contribution >= 0.6 is 0 Å². The standard InChI is InChI=1S/C13H19FN4O2/c1-8(2)20-11-3-4-18(7-9(11)14)13(19)10-5-16-6-12(15)17-10/h5-6,8-9,11H,3-4,7H2,1-2H3,(H2,15,17)/t9-,11+/m1/s1. The minimum atomic E-state index is -1.19. The van der Waals surface area contributed by atoms with Gasteiger partial charge in [-0.1, -0.05) is 0 Å². The van der Waals surface area contributed by atoms with Gasteiger partial charge in [-0.15, -0.1) is 0 Å². The zero-order chi connectivity index (χ0) is 14.7. The molecule has 1 aromatic rings. The van der Waals surface area contributed by atoms with Crippen molar-refractivity contribution >= 4 is 11.7 Å². The lowest BCUT2D eigenvalue weighted by molar-refractivity contribution is -0.0666. The average Bonchev–Trinajstić information content (AvgIpc) is 2.40. The molecule has 2 heterocycles. The lowest BCUT2D eigenvalue weighted by atomic mass is 10.1. The topological polar surface area (TPSA) is 81.3 Å². The molecular formula is C13H19FN4O2. The van der Waals surface area contributed by atoms with E-state index in [9.17, 15) is 9.18 Å². The first kappa shape index (κ1) is 14.6. The second-order valence-corrected chi connectivity index (χ2v) is 5.11. The van der Waals surface area contributed by atoms with Crippen molar-refractivity contribution in [2.45, 2.75) is 38.6 Å². The minimum absolute atomic E-state index is 0.00665. The average molecular weight is 282 g/mol. The molecule has 0 radical (unpaired) electrons. The molecule has 1 fully saturated rings. The molecule has 1 aromatic heterocycles. The van der Waals surface area contributed by atoms with Gasteiger partial charge in [-0.25, -0.2) is 9.37 Å². The van der Waals surface area contributed by atoms with Crippen LogP contribution in [0.2, 0.25) is 0 Å². The van der Waals surface area contributed by atoms with Crippen LogP contribution in [0.1, 0.15) is 30.8 Å². The van der Waals surface area contributed by atoms with Gasteiger partial charge in [-0.2, -0.15) is 0 Å². The second-order valence-electron chi connectivity index (χ2n) is 5.11. The maximum absolute atomic E-state index is 14.0. The van der Waals surface area contributed by atoms with Gasteiger partial charge >= 0.3 is 0 Å². The van der Waals surface area contributed by atoms with Crippen molar-refractivity contribution < 1.29 is 13.9 Å². The number of anilines is 1. The van der Waals surface area contributed by atoms with Gasteiger partial charge in [0.15, 0.2) is 0 Å². The summed E-state index contributed by atoms with van der Waals surface area (Å²) in [6.07, 6.45) is 1.50. The monoisotopic (exact) mass is 282 g/mol. The molecule has 2 N–H and O–H groups in total. The molecule has 7 heteroatoms. The number of rotatable bonds is 3. The molecule has 0 bridgehead atoms. The van der Waals surface area contributed by atoms with Crippen LogP contribution in [0.3, 0.4) is 0 Å². The molecule has 20 heavy (non-hydrogen) atoms. The first-order valence-corrected chi connectivity index (χ1v) is 6.63. The van der Waals surface area contributed by atoms with Crippen molar-refractivity contribution in [3.05, 3.63) is 18.1 Å². The number of hydrogen-bond acceptors (Lipinski definition) is 5. The highest BCUT2D eigenvalue weighted by atomic mass is 19.1. The predicted molar refractivity (Wildman–Crippen MR) is 71.9 cm³/mol. The number of carbonyl (C=O) groups excluding carboxylic acids is 1. The van der Waals surface area contributed by atoms with Gasteiger partial charge in [0.05, 0.1) is 31.1 Å². The number of hydrogen-bond donors (Lipinski definition) is 1. The second kappa shape index (κ2) is 6.13. The van der Waals surface area contributed by atoms with E-state index < -0.39 is 12.3 Å². The molecule has 0 spiro atoms. The molecule has 0 saturated carbocycles. The van der Waals surface area contributed by atoms with E-state index in [2.05, 4.69) is 9.97 Å². The maximum Gasteiger partial charge on any atom is 0.274 e. The van der Waals surface area contributed by atoms with Crippen molar-refractivity contribution in [1.29, 1.82) is 0 Å². The molecule has 2 atom stereocenters. The fraction of sp³-hybridized carbons (Fsp3) is 0.615. The summed E-state index contributed by atoms with van der Waals surface area (Å²) in [5.74, 6) is -0.180. The molecule has 6 nitrogen and oxygen atoms in total. The highest BCUT2D eigenvalue weighted by Crippen LogP contribution is 2.20. The van der Waals surface area contributed by atoms with Gasteiger partial charge in [0, 0.05) is 6.54 Å². The summed E-state index contributed by atoms with van der Waals surface area (Å²) in [5, 5.41) is 0. The largest absolute Gasteiger partial charge is 0.382 e. The van der Waals surface area contributed by atoms with Crippen LogP contribution in [0.25, 0.3) is 0 Å². The Morgan fingerprint density at radius 3 is 2.90 bits per heavy atom. The normalized spacial score (nSPS) is 23.1. The number of nitrogens with zero attached hydrogens (tertiary/aromatic N) is 3. The number of ether oxygens (including phenoxy) is 1. The number of piperidine rings is 1. The Hall–Kier alpha value is -1.76. The Balaban J connectivity index is 2.00. The summed E-state index contributed by atoms with van der Waals surface area (Å²) in [4.78, 5) is 21.3. The third-order valence-electron chi connectivity index (χ3n) is 3.09. The summed E-state index contributed by atoms with van der Waals surface area (Å²) in [5.41, 5.74) is 5.63. The maximum atomic E-state index is 14.0. The molecule has 1 aliphatic rings. The van der Waals surface area contributed by atoms with E-state index in [1.807, 2.05) is 13.8 Å². The lowest BCUT2D eigenvalue weighted by Crippen LogP contribution is -2.48. The number of alkyl halides is 1. The first-order chi connectivity index (χ1) is 9.47. The van der Waals surface area contributed by atoms with E-state index in [0.29, 0.717) is 13.0 Å². The molecule has 1 aliphatic heterocycles. The summed E-state index contributed by atoms with van der Waals surface area (Å²) >= 11 is 0. The van der Waals surface area contributed by atoms with Gasteiger partial charge in [0.1, 0.15) is 17.7 Å². The molecular weight excluding hydrogens is 263 g/mol. The van der Waals surface area contributed by atoms with Crippen LogP contribution in [0.15, 0.2) is 12.4 Å². The van der Waals surface area contributed by atoms with E-state index in [4.69, 9.17) is 10.5 Å². The number of nitrogen functional groups attached to an aromatic ring is 1. The van der Waals surface area contributed by atoms with Gasteiger partial charge in [0.2, 0.25) is 0 Å². The van der Waals surface area contributed by atoms with Crippen LogP contribution < -0.4 is 5.73 Å². The van der Waals surface area contributed by atoms with E-state index in [-0.39, 0.29) is 30.1 Å². The van der Waals surface area contributed by atoms with Crippen LogP contribution in [0.4, 0.5) is 10.2 Å². The number of nitrogens with two attached hydrogens (primary N) is 1. The summed E-state index contributed by atoms with van der Waals surface area (Å²) in [6.45, 7) is 4.18. The van der Waals surface area contributed by atoms with Crippen LogP contribution in [-0.2, 0) is 4.74 Å². The highest BCUT2D eigenvalue weighted by Gasteiger charge is 2.33. The fourth-order valence-electron chi connectivity index (χ4n) is 2.22. The van der Waals surface area contributed by atoms with Crippen LogP contribution in [-0.4, -0.2) is 52.2 Å². The third kappa shape index (κ3) is 3.41. The Morgan fingerprint density at radius 1 is 1.55 bits per heavy atom. The van der Waals surface area contributed by atoms with Crippen molar-refractivity contribution in [3.8, 4) is 0 Å². The summed E-state index contributed by atoms with van der Waals surface area (Å²) < 4.78 is 19.5. The zero-order valence-electron chi connectivity index (χ0n) is 11.6. The van der Waals surface area contributed by atoms with Crippen molar-refractivity contribution in [2.75, 3.05) is 18.8 Å². The van der Waals surface area contributed by atoms with Gasteiger partial charge in [0.25, 0.3) is 5.91 Å². The number of carbonyl (C=O) groups is 1. The summed E-state index contributed by atoms with van der Waals surface area (Å²) in [7, 11) is 0. The van der Waals surface area contributed by atoms with E-state index in [1.54, 1.807) is 0 Å². The SMILES string of the molecule is CC(C)O[C@H]1CCN(C(=O)c2cncc(N)n2)C[C@H]1F. The Kier molecular flexibility index (Phi) is 4.49. The Morgan fingerprint density at radius 2 is 2.30 bits per heavy atom. The third-order valence-corrected chi connectivity index (χ3v) is 3.09. The molecule has 0 unspecified atom stereocenters. The van der Waals surface area contributed by atoms with E-state index >= 15 is 0 Å². The van der Waals surface area contributed by atoms with Crippen molar-refractivity contribution in [2.24, 2.45) is 0 Å². The van der Waals surface area contributed by atoms with Crippen LogP contribution in [0, 0.1) is 0 Å². The Bertz CT molecular complexity index is 483. The highest BCUT2D eigenvalue weighted by molar-refractivity contribution is 5.92. The lowest BCUT2D eigenvalue weighted by Gasteiger charge is -2.35. The molecule has 1 amide bonds. The number of aromatic nitrogens is 2. The first-order valence-electron chi connectivity index (χ1n) is 6.63. The minimum Gasteiger partial charge on any atom is -0.382 e. The van der Waals surface area contributed by atoms with Gasteiger partial charge < -0.3 is 15.4 Å². The number of likely N-dealkylation sites (tertiary alicyclic amines) is 1. The zero-order valence-corrected chi connectivity index (χ0v) is 11.6. The number of amides is 1. The molecule has 1 saturated heterocycles. The smallest absolute Gasteiger partial charge is 0.274 e. The van der Waals surface area contributed by atoms with Crippen LogP contribution in [0.5, 0.6) is 0 Å². The molecule has 2 rings (SSSR count). The van der Waals surface area contributed by atoms with Crippen molar-refractivity contribution in [3.63, 3.8) is 0 Å². The fourth-order valence-corrected chi connectivity index (χ4v) is 2.22. The number of halogens is 1. The molecule has 0 aliphatic carbocycles. The Labute approximate surface area is 117 Å². The van der Waals surface area contributed by atoms with E-state index in [0.717, 1.165) is 0 Å². The van der Waals surface area contributed by atoms with E-state index in [1.165, 1.54) is 17.3 Å². The predicted octanol–water partition coefficient (Wildman–Crippen LogP) is 1.04. The van der Waals surface area contributed by atoms with Gasteiger partial charge in [-0.3, -0.25) is 9.78 Å². The quantitative estimate of drug-likeness (QED) is 0.895. The van der Waals surface area contributed by atoms with Crippen molar-refractivity contribution in [1.82, 2.24) is 14.9 Å². The molecule has 0 aromatic carbocycles.